The van der Waals surface area contributed by atoms with Crippen molar-refractivity contribution in [1.82, 2.24) is 39.0 Å². The van der Waals surface area contributed by atoms with Gasteiger partial charge in [-0.15, -0.1) is 0 Å². The highest BCUT2D eigenvalue weighted by molar-refractivity contribution is 6.14. The van der Waals surface area contributed by atoms with Crippen LogP contribution in [0.4, 0.5) is 39.5 Å². The summed E-state index contributed by atoms with van der Waals surface area (Å²) >= 11 is 0. The first-order valence-electron chi connectivity index (χ1n) is 39.3. The Bertz CT molecular complexity index is 7080. The van der Waals surface area contributed by atoms with E-state index in [-0.39, 0.29) is 5.82 Å². The summed E-state index contributed by atoms with van der Waals surface area (Å²) in [4.78, 5) is 31.5. The van der Waals surface area contributed by atoms with Crippen molar-refractivity contribution in [2.45, 2.75) is 53.1 Å². The molecule has 0 fully saturated rings. The molecule has 121 heavy (non-hydrogen) atoms. The minimum absolute atomic E-state index is 0.284. The van der Waals surface area contributed by atoms with Crippen molar-refractivity contribution in [3.05, 3.63) is 372 Å². The number of hydrogen-bond donors (Lipinski definition) is 0. The molecule has 0 radical (unpaired) electrons. The Morgan fingerprint density at radius 3 is 0.826 bits per heavy atom. The van der Waals surface area contributed by atoms with Crippen LogP contribution in [-0.4, -0.2) is 39.0 Å². The van der Waals surface area contributed by atoms with Gasteiger partial charge in [0.15, 0.2) is 34.9 Å². The van der Waals surface area contributed by atoms with Crippen LogP contribution in [0, 0.1) is 34.6 Å². The fraction of sp³-hybridized carbons (Fsp3) is 0.0769. The quantitative estimate of drug-likeness (QED) is 0.101. The summed E-state index contributed by atoms with van der Waals surface area (Å²) in [7, 11) is 0. The number of halogens is 9. The highest BCUT2D eigenvalue weighted by Crippen LogP contribution is 2.47. The highest BCUT2D eigenvalue weighted by atomic mass is 19.4. The van der Waals surface area contributed by atoms with Crippen molar-refractivity contribution in [3.8, 4) is 146 Å². The Labute approximate surface area is 690 Å². The van der Waals surface area contributed by atoms with Gasteiger partial charge in [-0.3, -0.25) is 0 Å². The molecular formula is C104H69F9N8. The van der Waals surface area contributed by atoms with E-state index in [1.54, 1.807) is 51.1 Å². The van der Waals surface area contributed by atoms with Crippen LogP contribution in [0.5, 0.6) is 0 Å². The maximum Gasteiger partial charge on any atom is 0.416 e. The summed E-state index contributed by atoms with van der Waals surface area (Å²) in [5, 5.41) is 2.87. The second kappa shape index (κ2) is 30.0. The van der Waals surface area contributed by atoms with E-state index in [2.05, 4.69) is 79.1 Å². The smallest absolute Gasteiger partial charge is 0.309 e. The maximum absolute atomic E-state index is 14.7. The number of hydrogen-bond acceptors (Lipinski definition) is 6. The van der Waals surface area contributed by atoms with Gasteiger partial charge in [-0.05, 0) is 239 Å². The molecule has 0 atom stereocenters. The molecule has 0 saturated carbocycles. The molecule has 19 aromatic rings. The molecule has 0 unspecified atom stereocenters. The summed E-state index contributed by atoms with van der Waals surface area (Å²) in [6.45, 7) is 9.03. The van der Waals surface area contributed by atoms with Crippen molar-refractivity contribution in [2.75, 3.05) is 0 Å². The van der Waals surface area contributed by atoms with E-state index in [4.69, 9.17) is 29.9 Å². The topological polar surface area (TPSA) is 87.2 Å². The van der Waals surface area contributed by atoms with Crippen LogP contribution in [0.15, 0.2) is 328 Å². The molecule has 19 rings (SSSR count). The van der Waals surface area contributed by atoms with Gasteiger partial charge in [0.25, 0.3) is 0 Å². The van der Waals surface area contributed by atoms with Gasteiger partial charge in [0.05, 0.1) is 44.4 Å². The predicted molar refractivity (Wildman–Crippen MR) is 466 cm³/mol. The summed E-state index contributed by atoms with van der Waals surface area (Å²) in [5.74, 6) is 2.31. The second-order valence-corrected chi connectivity index (χ2v) is 30.9. The lowest BCUT2D eigenvalue weighted by Gasteiger charge is -2.17. The number of alkyl halides is 9. The molecule has 8 nitrogen and oxygen atoms in total. The van der Waals surface area contributed by atoms with Crippen LogP contribution in [0.3, 0.4) is 0 Å². The van der Waals surface area contributed by atoms with Gasteiger partial charge < -0.3 is 9.13 Å². The van der Waals surface area contributed by atoms with Crippen LogP contribution in [0.1, 0.15) is 44.5 Å². The number of rotatable bonds is 14. The molecule has 0 saturated heterocycles. The highest BCUT2D eigenvalue weighted by Gasteiger charge is 2.34. The molecular weight excluding hydrogens is 1530 g/mol. The standard InChI is InChI=1S/C104H69F9N8/c1-60-39-61(2)41-76(40-60)72-30-34-91-86(55-72)87-56-73(77-42-62(3)45-82(50-77)102(105,106)107)31-35-92(87)120(91)85-53-80(49-81(54-85)100-116-96(65-19-10-6-11-20-65)114-97(117-100)66-21-12-7-13-22-66)70-28-18-27-69(48-70)71-29-38-95(90(59-71)101-118-98(67-23-14-8-15-24-67)115-99(119-101)68-25-16-9-17-26-68)121-93-36-32-74(78-43-63(4)46-83(51-78)103(108,109)110)57-88(93)89-58-75(33-37-94(89)121)79-44-64(5)47-84(52-79)104(111,112)113/h6-59H,1-5H3. The number of nitrogens with zero attached hydrogens (tertiary/aromatic N) is 8. The predicted octanol–water partition coefficient (Wildman–Crippen LogP) is 28.9. The number of fused-ring (bicyclic) bond motifs is 6. The van der Waals surface area contributed by atoms with E-state index >= 15 is 0 Å². The lowest BCUT2D eigenvalue weighted by Crippen LogP contribution is -2.05. The van der Waals surface area contributed by atoms with Crippen molar-refractivity contribution >= 4 is 43.6 Å². The van der Waals surface area contributed by atoms with E-state index in [1.807, 2.05) is 205 Å². The zero-order chi connectivity index (χ0) is 83.3. The Kier molecular flexibility index (Phi) is 18.9. The third-order valence-electron chi connectivity index (χ3n) is 22.1. The fourth-order valence-corrected chi connectivity index (χ4v) is 16.7. The van der Waals surface area contributed by atoms with Crippen LogP contribution in [-0.2, 0) is 18.5 Å². The lowest BCUT2D eigenvalue weighted by atomic mass is 9.95. The molecule has 0 aliphatic rings. The first-order valence-corrected chi connectivity index (χ1v) is 39.3. The van der Waals surface area contributed by atoms with Gasteiger partial charge in [0.1, 0.15) is 0 Å². The molecule has 0 aliphatic heterocycles. The van der Waals surface area contributed by atoms with E-state index in [0.29, 0.717) is 135 Å². The summed E-state index contributed by atoms with van der Waals surface area (Å²) in [6.07, 6.45) is -13.9. The molecule has 0 N–H and O–H groups in total. The minimum Gasteiger partial charge on any atom is -0.309 e. The Hall–Kier alpha value is -14.7. The van der Waals surface area contributed by atoms with Crippen LogP contribution in [0.25, 0.3) is 190 Å². The van der Waals surface area contributed by atoms with Gasteiger partial charge in [0.2, 0.25) is 0 Å². The van der Waals surface area contributed by atoms with Gasteiger partial charge in [-0.2, -0.15) is 39.5 Å². The first kappa shape index (κ1) is 76.3. The molecule has 0 spiro atoms. The van der Waals surface area contributed by atoms with Gasteiger partial charge in [0, 0.05) is 60.6 Å². The van der Waals surface area contributed by atoms with Crippen LogP contribution in [0.2, 0.25) is 0 Å². The van der Waals surface area contributed by atoms with Gasteiger partial charge in [-0.1, -0.05) is 217 Å². The van der Waals surface area contributed by atoms with Gasteiger partial charge >= 0.3 is 18.5 Å². The average molecular weight is 1600 g/mol. The first-order chi connectivity index (χ1) is 58.3. The van der Waals surface area contributed by atoms with E-state index < -0.39 is 35.2 Å². The molecule has 0 amide bonds. The molecule has 0 bridgehead atoms. The van der Waals surface area contributed by atoms with Crippen LogP contribution >= 0.6 is 0 Å². The molecule has 4 heterocycles. The maximum atomic E-state index is 14.7. The molecule has 15 aromatic carbocycles. The molecule has 4 aromatic heterocycles. The molecule has 17 heteroatoms. The SMILES string of the molecule is Cc1cc(C)cc(-c2ccc3c(c2)c2cc(-c4cc(C)cc(C(F)(F)F)c4)ccc2n3-c2cc(-c3cccc(-c4ccc(-n5c6ccc(-c7cc(C)cc(C(F)(F)F)c7)cc6c6cc(-c7cc(C)cc(C(F)(F)F)c7)ccc65)c(-c5nc(-c6ccccc6)nc(-c6ccccc6)n5)c4)c3)cc(-c3nc(-c4ccccc4)nc(-c4ccccc4)n3)c2)c1. The zero-order valence-electron chi connectivity index (χ0n) is 65.7. The zero-order valence-corrected chi connectivity index (χ0v) is 65.7. The van der Waals surface area contributed by atoms with Crippen molar-refractivity contribution in [3.63, 3.8) is 0 Å². The van der Waals surface area contributed by atoms with E-state index in [9.17, 15) is 39.5 Å². The monoisotopic (exact) mass is 1600 g/mol. The van der Waals surface area contributed by atoms with Crippen molar-refractivity contribution in [2.24, 2.45) is 0 Å². The number of aryl methyl sites for hydroxylation is 5. The normalized spacial score (nSPS) is 12.0. The van der Waals surface area contributed by atoms with Crippen molar-refractivity contribution in [1.29, 1.82) is 0 Å². The Morgan fingerprint density at radius 1 is 0.198 bits per heavy atom. The number of aromatic nitrogens is 8. The van der Waals surface area contributed by atoms with E-state index in [1.165, 1.54) is 6.07 Å². The summed E-state index contributed by atoms with van der Waals surface area (Å²) < 4.78 is 136. The van der Waals surface area contributed by atoms with Crippen LogP contribution < -0.4 is 0 Å². The average Bonchev–Trinajstić information content (AvgIpc) is 1.55. The number of benzene rings is 15. The third-order valence-corrected chi connectivity index (χ3v) is 22.1. The summed E-state index contributed by atoms with van der Waals surface area (Å²) in [6, 6.07) is 101. The lowest BCUT2D eigenvalue weighted by molar-refractivity contribution is -0.138. The van der Waals surface area contributed by atoms with Crippen molar-refractivity contribution < 1.29 is 39.5 Å². The largest absolute Gasteiger partial charge is 0.416 e. The fourth-order valence-electron chi connectivity index (χ4n) is 16.7. The Morgan fingerprint density at radius 2 is 0.463 bits per heavy atom. The second-order valence-electron chi connectivity index (χ2n) is 30.9. The Balaban J connectivity index is 0.847. The summed E-state index contributed by atoms with van der Waals surface area (Å²) in [5.41, 5.74) is 17.0. The molecule has 0 aliphatic carbocycles. The minimum atomic E-state index is -4.65. The molecule has 588 valence electrons. The van der Waals surface area contributed by atoms with Gasteiger partial charge in [-0.25, -0.2) is 29.9 Å². The van der Waals surface area contributed by atoms with E-state index in [0.717, 1.165) is 108 Å². The third kappa shape index (κ3) is 14.9.